The molecular weight excluding hydrogens is 317 g/mol. The number of benzene rings is 2. The minimum absolute atomic E-state index is 0.141. The van der Waals surface area contributed by atoms with Crippen molar-refractivity contribution in [2.24, 2.45) is 0 Å². The van der Waals surface area contributed by atoms with Crippen LogP contribution in [-0.2, 0) is 6.42 Å². The number of ketones is 1. The summed E-state index contributed by atoms with van der Waals surface area (Å²) in [5.74, 6) is 0.519. The van der Waals surface area contributed by atoms with Gasteiger partial charge in [0, 0.05) is 11.5 Å². The van der Waals surface area contributed by atoms with E-state index in [9.17, 15) is 9.18 Å². The van der Waals surface area contributed by atoms with Crippen LogP contribution < -0.4 is 0 Å². The molecule has 0 aliphatic heterocycles. The zero-order chi connectivity index (χ0) is 17.4. The third-order valence-corrected chi connectivity index (χ3v) is 4.79. The number of nitrogens with zero attached hydrogens (tertiary/aromatic N) is 1. The number of aromatic nitrogens is 1. The average molecular weight is 335 g/mol. The lowest BCUT2D eigenvalue weighted by atomic mass is 9.90. The third kappa shape index (κ3) is 3.00. The Bertz CT molecular complexity index is 926. The molecule has 0 amide bonds. The zero-order valence-corrected chi connectivity index (χ0v) is 14.0. The molecule has 1 aromatic heterocycles. The van der Waals surface area contributed by atoms with Gasteiger partial charge in [-0.3, -0.25) is 4.79 Å². The molecule has 3 nitrogen and oxygen atoms in total. The molecule has 1 aliphatic carbocycles. The summed E-state index contributed by atoms with van der Waals surface area (Å²) in [5, 5.41) is 3.81. The lowest BCUT2D eigenvalue weighted by Crippen LogP contribution is -2.10. The van der Waals surface area contributed by atoms with Gasteiger partial charge in [-0.15, -0.1) is 0 Å². The molecule has 1 heterocycles. The number of carbonyl (C=O) groups excluding carboxylic acids is 1. The average Bonchev–Trinajstić information content (AvgIpc) is 3.36. The molecule has 0 spiro atoms. The second-order valence-electron chi connectivity index (χ2n) is 6.57. The van der Waals surface area contributed by atoms with Crippen molar-refractivity contribution in [1.82, 2.24) is 5.16 Å². The number of hydrogen-bond acceptors (Lipinski definition) is 3. The molecule has 0 atom stereocenters. The van der Waals surface area contributed by atoms with Crippen LogP contribution >= 0.6 is 0 Å². The molecule has 0 bridgehead atoms. The molecule has 0 N–H and O–H groups in total. The number of carbonyl (C=O) groups is 1. The highest BCUT2D eigenvalue weighted by Crippen LogP contribution is 2.42. The maximum Gasteiger partial charge on any atom is 0.198 e. The first kappa shape index (κ1) is 15.8. The van der Waals surface area contributed by atoms with E-state index in [-0.39, 0.29) is 11.6 Å². The van der Waals surface area contributed by atoms with E-state index in [0.717, 1.165) is 24.0 Å². The van der Waals surface area contributed by atoms with E-state index < -0.39 is 0 Å². The fraction of sp³-hybridized carbons (Fsp3) is 0.238. The van der Waals surface area contributed by atoms with Gasteiger partial charge in [-0.1, -0.05) is 35.5 Å². The van der Waals surface area contributed by atoms with Crippen molar-refractivity contribution >= 4 is 5.78 Å². The minimum Gasteiger partial charge on any atom is -0.360 e. The molecule has 25 heavy (non-hydrogen) atoms. The normalized spacial score (nSPS) is 13.8. The van der Waals surface area contributed by atoms with Crippen molar-refractivity contribution in [3.05, 3.63) is 88.1 Å². The van der Waals surface area contributed by atoms with Crippen LogP contribution in [0, 0.1) is 12.7 Å². The van der Waals surface area contributed by atoms with Gasteiger partial charge in [-0.25, -0.2) is 4.39 Å². The van der Waals surface area contributed by atoms with Gasteiger partial charge in [-0.05, 0) is 55.0 Å². The van der Waals surface area contributed by atoms with Crippen molar-refractivity contribution in [3.8, 4) is 0 Å². The van der Waals surface area contributed by atoms with E-state index in [0.29, 0.717) is 34.8 Å². The number of rotatable bonds is 5. The summed E-state index contributed by atoms with van der Waals surface area (Å²) in [5.41, 5.74) is 3.30. The third-order valence-electron chi connectivity index (χ3n) is 4.79. The van der Waals surface area contributed by atoms with Gasteiger partial charge in [0.15, 0.2) is 11.5 Å². The van der Waals surface area contributed by atoms with Crippen molar-refractivity contribution in [1.29, 1.82) is 0 Å². The molecule has 0 radical (unpaired) electrons. The molecule has 4 rings (SSSR count). The predicted octanol–water partition coefficient (Wildman–Crippen LogP) is 4.82. The van der Waals surface area contributed by atoms with Gasteiger partial charge in [-0.2, -0.15) is 0 Å². The fourth-order valence-corrected chi connectivity index (χ4v) is 3.17. The summed E-state index contributed by atoms with van der Waals surface area (Å²) in [7, 11) is 0. The Morgan fingerprint density at radius 2 is 1.92 bits per heavy atom. The van der Waals surface area contributed by atoms with Crippen LogP contribution in [0.5, 0.6) is 0 Å². The minimum atomic E-state index is -0.296. The van der Waals surface area contributed by atoms with E-state index >= 15 is 0 Å². The summed E-state index contributed by atoms with van der Waals surface area (Å²) < 4.78 is 19.4. The lowest BCUT2D eigenvalue weighted by molar-refractivity contribution is 0.103. The van der Waals surface area contributed by atoms with Gasteiger partial charge >= 0.3 is 0 Å². The molecule has 0 unspecified atom stereocenters. The van der Waals surface area contributed by atoms with Crippen molar-refractivity contribution in [2.45, 2.75) is 32.1 Å². The van der Waals surface area contributed by atoms with Crippen LogP contribution in [0.3, 0.4) is 0 Å². The summed E-state index contributed by atoms with van der Waals surface area (Å²) in [4.78, 5) is 13.1. The van der Waals surface area contributed by atoms with Crippen molar-refractivity contribution in [3.63, 3.8) is 0 Å². The van der Waals surface area contributed by atoms with Crippen LogP contribution in [0.15, 0.2) is 53.2 Å². The maximum atomic E-state index is 14.1. The second kappa shape index (κ2) is 6.28. The van der Waals surface area contributed by atoms with Crippen molar-refractivity contribution in [2.75, 3.05) is 0 Å². The van der Waals surface area contributed by atoms with Gasteiger partial charge in [0.2, 0.25) is 0 Å². The Morgan fingerprint density at radius 3 is 2.64 bits per heavy atom. The van der Waals surface area contributed by atoms with E-state index in [1.807, 2.05) is 30.3 Å². The number of halogens is 1. The topological polar surface area (TPSA) is 43.1 Å². The van der Waals surface area contributed by atoms with Crippen LogP contribution in [0.1, 0.15) is 57.1 Å². The summed E-state index contributed by atoms with van der Waals surface area (Å²) >= 11 is 0. The summed E-state index contributed by atoms with van der Waals surface area (Å²) in [6.07, 6.45) is 4.04. The highest BCUT2D eigenvalue weighted by molar-refractivity contribution is 6.10. The first-order chi connectivity index (χ1) is 12.1. The molecule has 1 aliphatic rings. The number of hydrogen-bond donors (Lipinski definition) is 0. The Labute approximate surface area is 145 Å². The monoisotopic (exact) mass is 335 g/mol. The highest BCUT2D eigenvalue weighted by atomic mass is 19.1. The molecule has 126 valence electrons. The van der Waals surface area contributed by atoms with E-state index in [4.69, 9.17) is 4.52 Å². The molecule has 2 aromatic carbocycles. The van der Waals surface area contributed by atoms with Crippen LogP contribution in [0.2, 0.25) is 0 Å². The Morgan fingerprint density at radius 1 is 1.16 bits per heavy atom. The lowest BCUT2D eigenvalue weighted by Gasteiger charge is -2.13. The summed E-state index contributed by atoms with van der Waals surface area (Å²) in [6.45, 7) is 1.72. The van der Waals surface area contributed by atoms with Gasteiger partial charge in [0.1, 0.15) is 5.82 Å². The van der Waals surface area contributed by atoms with E-state index in [1.54, 1.807) is 13.0 Å². The van der Waals surface area contributed by atoms with Crippen LogP contribution in [-0.4, -0.2) is 10.9 Å². The Kier molecular flexibility index (Phi) is 3.96. The predicted molar refractivity (Wildman–Crippen MR) is 92.3 cm³/mol. The molecule has 1 fully saturated rings. The van der Waals surface area contributed by atoms with E-state index in [1.165, 1.54) is 12.3 Å². The molecule has 0 saturated heterocycles. The van der Waals surface area contributed by atoms with Crippen molar-refractivity contribution < 1.29 is 13.7 Å². The first-order valence-electron chi connectivity index (χ1n) is 8.46. The fourth-order valence-electron chi connectivity index (χ4n) is 3.17. The SMILES string of the molecule is Cc1c(F)ccc(C(=O)c2cnoc2C2CC2)c1Cc1ccccc1. The Balaban J connectivity index is 1.77. The standard InChI is InChI=1S/C21H18FNO2/c1-13-17(11-14-5-3-2-4-6-14)16(9-10-19(13)22)20(24)18-12-23-25-21(18)15-7-8-15/h2-6,9-10,12,15H,7-8,11H2,1H3. The van der Waals surface area contributed by atoms with Crippen LogP contribution in [0.25, 0.3) is 0 Å². The molecule has 1 saturated carbocycles. The zero-order valence-electron chi connectivity index (χ0n) is 14.0. The first-order valence-corrected chi connectivity index (χ1v) is 8.46. The van der Waals surface area contributed by atoms with Crippen LogP contribution in [0.4, 0.5) is 4.39 Å². The molecule has 3 aromatic rings. The summed E-state index contributed by atoms with van der Waals surface area (Å²) in [6, 6.07) is 12.7. The Hall–Kier alpha value is -2.75. The molecular formula is C21H18FNO2. The molecule has 4 heteroatoms. The maximum absolute atomic E-state index is 14.1. The smallest absolute Gasteiger partial charge is 0.198 e. The van der Waals surface area contributed by atoms with E-state index in [2.05, 4.69) is 5.16 Å². The van der Waals surface area contributed by atoms with Gasteiger partial charge in [0.05, 0.1) is 11.8 Å². The quantitative estimate of drug-likeness (QED) is 0.628. The highest BCUT2D eigenvalue weighted by Gasteiger charge is 2.33. The second-order valence-corrected chi connectivity index (χ2v) is 6.57. The van der Waals surface area contributed by atoms with Gasteiger partial charge in [0.25, 0.3) is 0 Å². The van der Waals surface area contributed by atoms with Gasteiger partial charge < -0.3 is 4.52 Å². The largest absolute Gasteiger partial charge is 0.360 e.